The van der Waals surface area contributed by atoms with Gasteiger partial charge in [0.05, 0.1) is 0 Å². The van der Waals surface area contributed by atoms with Crippen LogP contribution in [-0.2, 0) is 9.53 Å². The molecule has 2 amide bonds. The predicted molar refractivity (Wildman–Crippen MR) is 112 cm³/mol. The van der Waals surface area contributed by atoms with Gasteiger partial charge in [-0.05, 0) is 77.1 Å². The smallest absolute Gasteiger partial charge is 0.410 e. The maximum absolute atomic E-state index is 12.7. The summed E-state index contributed by atoms with van der Waals surface area (Å²) in [4.78, 5) is 28.9. The number of amides is 2. The fourth-order valence-corrected chi connectivity index (χ4v) is 3.94. The number of hydrogen-bond acceptors (Lipinski definition) is 4. The minimum Gasteiger partial charge on any atom is -0.444 e. The van der Waals surface area contributed by atoms with Crippen LogP contribution in [0.4, 0.5) is 16.2 Å². The van der Waals surface area contributed by atoms with Gasteiger partial charge in [-0.25, -0.2) is 4.79 Å². The van der Waals surface area contributed by atoms with E-state index < -0.39 is 5.60 Å². The van der Waals surface area contributed by atoms with Gasteiger partial charge < -0.3 is 19.9 Å². The number of piperidine rings is 1. The van der Waals surface area contributed by atoms with Crippen LogP contribution < -0.4 is 10.2 Å². The number of ether oxygens (including phenoxy) is 1. The number of carbonyl (C=O) groups is 2. The third-order valence-electron chi connectivity index (χ3n) is 5.43. The Labute approximate surface area is 168 Å². The lowest BCUT2D eigenvalue weighted by Gasteiger charge is -2.33. The molecule has 0 saturated carbocycles. The third kappa shape index (κ3) is 5.18. The van der Waals surface area contributed by atoms with Crippen molar-refractivity contribution >= 4 is 23.4 Å². The summed E-state index contributed by atoms with van der Waals surface area (Å²) in [5, 5.41) is 3.06. The number of anilines is 2. The molecule has 2 aliphatic heterocycles. The molecular weight excluding hydrogens is 354 g/mol. The number of nitrogens with one attached hydrogen (secondary N) is 1. The first-order valence-corrected chi connectivity index (χ1v) is 10.4. The van der Waals surface area contributed by atoms with Gasteiger partial charge in [0.1, 0.15) is 5.60 Å². The van der Waals surface area contributed by atoms with Crippen molar-refractivity contribution in [1.29, 1.82) is 0 Å². The second-order valence-corrected chi connectivity index (χ2v) is 8.93. The molecule has 1 aromatic rings. The topological polar surface area (TPSA) is 61.9 Å². The van der Waals surface area contributed by atoms with Crippen molar-refractivity contribution in [3.8, 4) is 0 Å². The van der Waals surface area contributed by atoms with Crippen molar-refractivity contribution in [3.63, 3.8) is 0 Å². The van der Waals surface area contributed by atoms with E-state index in [0.29, 0.717) is 25.9 Å². The van der Waals surface area contributed by atoms with E-state index in [1.807, 2.05) is 26.8 Å². The molecule has 1 aromatic carbocycles. The molecule has 154 valence electrons. The van der Waals surface area contributed by atoms with E-state index in [2.05, 4.69) is 29.3 Å². The Hall–Kier alpha value is -2.24. The van der Waals surface area contributed by atoms with Gasteiger partial charge >= 0.3 is 6.09 Å². The fourth-order valence-electron chi connectivity index (χ4n) is 3.94. The highest BCUT2D eigenvalue weighted by Crippen LogP contribution is 2.27. The molecule has 3 rings (SSSR count). The van der Waals surface area contributed by atoms with E-state index in [1.165, 1.54) is 24.1 Å². The van der Waals surface area contributed by atoms with E-state index in [0.717, 1.165) is 18.8 Å². The third-order valence-corrected chi connectivity index (χ3v) is 5.43. The molecule has 2 aliphatic rings. The van der Waals surface area contributed by atoms with Gasteiger partial charge in [0, 0.05) is 43.5 Å². The summed E-state index contributed by atoms with van der Waals surface area (Å²) in [5.41, 5.74) is 2.81. The van der Waals surface area contributed by atoms with Crippen molar-refractivity contribution in [3.05, 3.63) is 23.8 Å². The molecule has 6 nitrogen and oxygen atoms in total. The van der Waals surface area contributed by atoms with Crippen molar-refractivity contribution in [2.45, 2.75) is 59.0 Å². The van der Waals surface area contributed by atoms with Crippen LogP contribution in [-0.4, -0.2) is 48.7 Å². The number of aryl methyl sites for hydroxylation is 1. The summed E-state index contributed by atoms with van der Waals surface area (Å²) in [5.74, 6) is -0.0330. The minimum absolute atomic E-state index is 0.0390. The fraction of sp³-hybridized carbons (Fsp3) is 0.636. The van der Waals surface area contributed by atoms with Gasteiger partial charge in [-0.15, -0.1) is 0 Å². The van der Waals surface area contributed by atoms with Gasteiger partial charge in [0.2, 0.25) is 5.91 Å². The van der Waals surface area contributed by atoms with E-state index in [4.69, 9.17) is 4.74 Å². The highest BCUT2D eigenvalue weighted by molar-refractivity contribution is 5.93. The van der Waals surface area contributed by atoms with Gasteiger partial charge in [-0.1, -0.05) is 0 Å². The molecule has 0 aliphatic carbocycles. The molecular formula is C22H33N3O3. The van der Waals surface area contributed by atoms with Crippen LogP contribution in [0.5, 0.6) is 0 Å². The van der Waals surface area contributed by atoms with Gasteiger partial charge in [0.15, 0.2) is 0 Å². The highest BCUT2D eigenvalue weighted by atomic mass is 16.6. The average molecular weight is 388 g/mol. The molecule has 2 heterocycles. The second-order valence-electron chi connectivity index (χ2n) is 8.93. The summed E-state index contributed by atoms with van der Waals surface area (Å²) in [6.07, 6.45) is 3.53. The van der Waals surface area contributed by atoms with E-state index >= 15 is 0 Å². The van der Waals surface area contributed by atoms with Crippen LogP contribution in [0.3, 0.4) is 0 Å². The molecule has 28 heavy (non-hydrogen) atoms. The number of rotatable bonds is 3. The Morgan fingerprint density at radius 1 is 1.07 bits per heavy atom. The molecule has 0 aromatic heterocycles. The lowest BCUT2D eigenvalue weighted by Crippen LogP contribution is -2.43. The quantitative estimate of drug-likeness (QED) is 0.845. The molecule has 2 saturated heterocycles. The standard InChI is InChI=1S/C22H33N3O3/c1-16-15-18(7-8-19(16)24-11-5-6-12-24)23-20(26)17-9-13-25(14-10-17)21(27)28-22(2,3)4/h7-8,15,17H,5-6,9-14H2,1-4H3,(H,23,26). The molecule has 0 bridgehead atoms. The van der Waals surface area contributed by atoms with Crippen molar-refractivity contribution in [2.75, 3.05) is 36.4 Å². The normalized spacial score (nSPS) is 18.3. The van der Waals surface area contributed by atoms with Crippen LogP contribution in [0.1, 0.15) is 52.0 Å². The molecule has 1 N–H and O–H groups in total. The maximum Gasteiger partial charge on any atom is 0.410 e. The predicted octanol–water partition coefficient (Wildman–Crippen LogP) is 4.18. The number of benzene rings is 1. The Balaban J connectivity index is 1.52. The van der Waals surface area contributed by atoms with Crippen molar-refractivity contribution < 1.29 is 14.3 Å². The highest BCUT2D eigenvalue weighted by Gasteiger charge is 2.30. The van der Waals surface area contributed by atoms with E-state index in [9.17, 15) is 9.59 Å². The van der Waals surface area contributed by atoms with Gasteiger partial charge in [0.25, 0.3) is 0 Å². The summed E-state index contributed by atoms with van der Waals surface area (Å²) in [6.45, 7) is 11.0. The maximum atomic E-state index is 12.7. The van der Waals surface area contributed by atoms with Crippen LogP contribution >= 0.6 is 0 Å². The molecule has 6 heteroatoms. The number of carbonyl (C=O) groups excluding carboxylic acids is 2. The zero-order valence-corrected chi connectivity index (χ0v) is 17.6. The zero-order chi connectivity index (χ0) is 20.3. The first kappa shape index (κ1) is 20.5. The van der Waals surface area contributed by atoms with Gasteiger partial charge in [-0.3, -0.25) is 4.79 Å². The zero-order valence-electron chi connectivity index (χ0n) is 17.6. The van der Waals surface area contributed by atoms with E-state index in [1.54, 1.807) is 4.90 Å². The van der Waals surface area contributed by atoms with Crippen LogP contribution in [0.2, 0.25) is 0 Å². The number of likely N-dealkylation sites (tertiary alicyclic amines) is 1. The van der Waals surface area contributed by atoms with Crippen molar-refractivity contribution in [2.24, 2.45) is 5.92 Å². The first-order chi connectivity index (χ1) is 13.2. The van der Waals surface area contributed by atoms with Crippen LogP contribution in [0.15, 0.2) is 18.2 Å². The van der Waals surface area contributed by atoms with Crippen LogP contribution in [0, 0.1) is 12.8 Å². The summed E-state index contributed by atoms with van der Waals surface area (Å²) in [6, 6.07) is 6.16. The molecule has 0 spiro atoms. The Morgan fingerprint density at radius 2 is 1.71 bits per heavy atom. The summed E-state index contributed by atoms with van der Waals surface area (Å²) < 4.78 is 5.42. The summed E-state index contributed by atoms with van der Waals surface area (Å²) in [7, 11) is 0. The number of nitrogens with zero attached hydrogens (tertiary/aromatic N) is 2. The molecule has 0 radical (unpaired) electrons. The Morgan fingerprint density at radius 3 is 2.29 bits per heavy atom. The first-order valence-electron chi connectivity index (χ1n) is 10.4. The minimum atomic E-state index is -0.496. The lowest BCUT2D eigenvalue weighted by molar-refractivity contribution is -0.121. The molecule has 0 atom stereocenters. The molecule has 0 unspecified atom stereocenters. The number of hydrogen-bond donors (Lipinski definition) is 1. The van der Waals surface area contributed by atoms with E-state index in [-0.39, 0.29) is 17.9 Å². The Bertz CT molecular complexity index is 712. The average Bonchev–Trinajstić information content (AvgIpc) is 3.15. The summed E-state index contributed by atoms with van der Waals surface area (Å²) >= 11 is 0. The monoisotopic (exact) mass is 387 g/mol. The SMILES string of the molecule is Cc1cc(NC(=O)C2CCN(C(=O)OC(C)(C)C)CC2)ccc1N1CCCC1. The second kappa shape index (κ2) is 8.41. The van der Waals surface area contributed by atoms with Gasteiger partial charge in [-0.2, -0.15) is 0 Å². The van der Waals surface area contributed by atoms with Crippen molar-refractivity contribution in [1.82, 2.24) is 4.90 Å². The Kier molecular flexibility index (Phi) is 6.16. The molecule has 2 fully saturated rings. The van der Waals surface area contributed by atoms with Crippen LogP contribution in [0.25, 0.3) is 0 Å². The lowest BCUT2D eigenvalue weighted by atomic mass is 9.96. The largest absolute Gasteiger partial charge is 0.444 e.